The number of ketones is 1. The summed E-state index contributed by atoms with van der Waals surface area (Å²) in [5.41, 5.74) is 2.70. The first-order valence-corrected chi connectivity index (χ1v) is 6.91. The van der Waals surface area contributed by atoms with Gasteiger partial charge in [-0.2, -0.15) is 0 Å². The fourth-order valence-electron chi connectivity index (χ4n) is 2.31. The summed E-state index contributed by atoms with van der Waals surface area (Å²) in [4.78, 5) is 16.2. The van der Waals surface area contributed by atoms with Crippen molar-refractivity contribution in [3.63, 3.8) is 0 Å². The highest BCUT2D eigenvalue weighted by Crippen LogP contribution is 2.31. The summed E-state index contributed by atoms with van der Waals surface area (Å²) in [6, 6.07) is 6.77. The highest BCUT2D eigenvalue weighted by Gasteiger charge is 2.14. The van der Waals surface area contributed by atoms with Crippen LogP contribution in [-0.2, 0) is 0 Å². The van der Waals surface area contributed by atoms with Crippen molar-refractivity contribution in [2.24, 2.45) is 0 Å². The molecule has 4 nitrogen and oxygen atoms in total. The molecule has 1 aromatic carbocycles. The molecule has 1 N–H and O–H groups in total. The average Bonchev–Trinajstić information content (AvgIpc) is 2.79. The maximum absolute atomic E-state index is 12.3. The first-order chi connectivity index (χ1) is 10.6. The lowest BCUT2D eigenvalue weighted by molar-refractivity contribution is 0.104. The van der Waals surface area contributed by atoms with Crippen LogP contribution in [0.4, 0.5) is 0 Å². The molecule has 0 saturated heterocycles. The largest absolute Gasteiger partial charge is 0.507 e. The fourth-order valence-corrected chi connectivity index (χ4v) is 2.31. The van der Waals surface area contributed by atoms with Crippen LogP contribution in [0.1, 0.15) is 27.2 Å². The van der Waals surface area contributed by atoms with Crippen molar-refractivity contribution >= 4 is 22.8 Å². The number of aromatic hydroxyl groups is 1. The molecular formula is C18H15NO3. The Labute approximate surface area is 127 Å². The molecule has 0 unspecified atom stereocenters. The van der Waals surface area contributed by atoms with Gasteiger partial charge in [-0.3, -0.25) is 9.78 Å². The third-order valence-electron chi connectivity index (χ3n) is 3.69. The zero-order valence-electron chi connectivity index (χ0n) is 12.3. The molecule has 0 amide bonds. The SMILES string of the molecule is Cc1oc2cc(O)c(C(=O)/C=C/c3ccncc3)cc2c1C. The van der Waals surface area contributed by atoms with E-state index in [1.807, 2.05) is 13.8 Å². The second-order valence-electron chi connectivity index (χ2n) is 5.13. The number of carbonyl (C=O) groups excluding carboxylic acids is 1. The molecule has 2 heterocycles. The predicted octanol–water partition coefficient (Wildman–Crippen LogP) is 4.05. The van der Waals surface area contributed by atoms with E-state index in [1.54, 1.807) is 36.7 Å². The van der Waals surface area contributed by atoms with Crippen molar-refractivity contribution in [3.05, 3.63) is 65.2 Å². The van der Waals surface area contributed by atoms with E-state index in [2.05, 4.69) is 4.98 Å². The number of hydrogen-bond acceptors (Lipinski definition) is 4. The number of nitrogens with zero attached hydrogens (tertiary/aromatic N) is 1. The molecule has 0 spiro atoms. The lowest BCUT2D eigenvalue weighted by Crippen LogP contribution is -1.95. The molecule has 0 aliphatic carbocycles. The number of allylic oxidation sites excluding steroid dienone is 1. The Balaban J connectivity index is 1.98. The molecule has 2 aromatic heterocycles. The molecule has 4 heteroatoms. The number of furan rings is 1. The average molecular weight is 293 g/mol. The number of phenols is 1. The van der Waals surface area contributed by atoms with E-state index in [1.165, 1.54) is 12.1 Å². The topological polar surface area (TPSA) is 63.3 Å². The van der Waals surface area contributed by atoms with Gasteiger partial charge in [-0.1, -0.05) is 6.08 Å². The number of phenolic OH excluding ortho intramolecular Hbond substituents is 1. The molecule has 0 atom stereocenters. The standard InChI is InChI=1S/C18H15NO3/c1-11-12(2)22-18-10-17(21)15(9-14(11)18)16(20)4-3-13-5-7-19-8-6-13/h3-10,21H,1-2H3/b4-3+. The van der Waals surface area contributed by atoms with E-state index in [0.717, 1.165) is 22.3 Å². The highest BCUT2D eigenvalue weighted by atomic mass is 16.3. The summed E-state index contributed by atoms with van der Waals surface area (Å²) in [7, 11) is 0. The van der Waals surface area contributed by atoms with Crippen LogP contribution in [0.25, 0.3) is 17.0 Å². The molecular weight excluding hydrogens is 278 g/mol. The fraction of sp³-hybridized carbons (Fsp3) is 0.111. The highest BCUT2D eigenvalue weighted by molar-refractivity contribution is 6.10. The van der Waals surface area contributed by atoms with E-state index in [0.29, 0.717) is 5.58 Å². The van der Waals surface area contributed by atoms with Gasteiger partial charge < -0.3 is 9.52 Å². The third-order valence-corrected chi connectivity index (χ3v) is 3.69. The van der Waals surface area contributed by atoms with Gasteiger partial charge >= 0.3 is 0 Å². The van der Waals surface area contributed by atoms with E-state index in [-0.39, 0.29) is 17.1 Å². The monoisotopic (exact) mass is 293 g/mol. The van der Waals surface area contributed by atoms with E-state index in [4.69, 9.17) is 4.42 Å². The Morgan fingerprint density at radius 2 is 1.95 bits per heavy atom. The van der Waals surface area contributed by atoms with Crippen LogP contribution in [0.3, 0.4) is 0 Å². The summed E-state index contributed by atoms with van der Waals surface area (Å²) in [5.74, 6) is 0.450. The lowest BCUT2D eigenvalue weighted by Gasteiger charge is -2.01. The number of carbonyl (C=O) groups is 1. The lowest BCUT2D eigenvalue weighted by atomic mass is 10.0. The van der Waals surface area contributed by atoms with Crippen molar-refractivity contribution in [2.75, 3.05) is 0 Å². The number of pyridine rings is 1. The molecule has 0 aliphatic rings. The van der Waals surface area contributed by atoms with Crippen molar-refractivity contribution in [2.45, 2.75) is 13.8 Å². The molecule has 0 aliphatic heterocycles. The first-order valence-electron chi connectivity index (χ1n) is 6.91. The van der Waals surface area contributed by atoms with Crippen LogP contribution in [0.2, 0.25) is 0 Å². The second-order valence-corrected chi connectivity index (χ2v) is 5.13. The maximum atomic E-state index is 12.3. The van der Waals surface area contributed by atoms with Crippen LogP contribution < -0.4 is 0 Å². The summed E-state index contributed by atoms with van der Waals surface area (Å²) in [6.07, 6.45) is 6.45. The van der Waals surface area contributed by atoms with Gasteiger partial charge in [0.15, 0.2) is 5.78 Å². The Morgan fingerprint density at radius 3 is 2.68 bits per heavy atom. The van der Waals surface area contributed by atoms with Gasteiger partial charge in [0.2, 0.25) is 0 Å². The van der Waals surface area contributed by atoms with Gasteiger partial charge in [0.25, 0.3) is 0 Å². The van der Waals surface area contributed by atoms with Gasteiger partial charge in [0, 0.05) is 23.8 Å². The number of rotatable bonds is 3. The molecule has 110 valence electrons. The Morgan fingerprint density at radius 1 is 1.23 bits per heavy atom. The molecule has 0 fully saturated rings. The van der Waals surface area contributed by atoms with E-state index < -0.39 is 0 Å². The zero-order valence-corrected chi connectivity index (χ0v) is 12.3. The van der Waals surface area contributed by atoms with Crippen LogP contribution >= 0.6 is 0 Å². The van der Waals surface area contributed by atoms with Crippen LogP contribution in [0.15, 0.2) is 47.2 Å². The molecule has 22 heavy (non-hydrogen) atoms. The quantitative estimate of drug-likeness (QED) is 0.584. The van der Waals surface area contributed by atoms with Gasteiger partial charge in [0.05, 0.1) is 5.56 Å². The minimum Gasteiger partial charge on any atom is -0.507 e. The van der Waals surface area contributed by atoms with Gasteiger partial charge in [-0.15, -0.1) is 0 Å². The van der Waals surface area contributed by atoms with Crippen molar-refractivity contribution in [3.8, 4) is 5.75 Å². The summed E-state index contributed by atoms with van der Waals surface area (Å²) in [5, 5.41) is 10.9. The van der Waals surface area contributed by atoms with Gasteiger partial charge in [0.1, 0.15) is 17.1 Å². The number of aromatic nitrogens is 1. The van der Waals surface area contributed by atoms with Gasteiger partial charge in [-0.25, -0.2) is 0 Å². The van der Waals surface area contributed by atoms with E-state index >= 15 is 0 Å². The van der Waals surface area contributed by atoms with Crippen LogP contribution in [0.5, 0.6) is 5.75 Å². The molecule has 3 aromatic rings. The molecule has 0 bridgehead atoms. The summed E-state index contributed by atoms with van der Waals surface area (Å²) >= 11 is 0. The van der Waals surface area contributed by atoms with Crippen LogP contribution in [0, 0.1) is 13.8 Å². The second kappa shape index (κ2) is 5.48. The van der Waals surface area contributed by atoms with Crippen molar-refractivity contribution < 1.29 is 14.3 Å². The number of aryl methyl sites for hydroxylation is 2. The third kappa shape index (κ3) is 2.51. The predicted molar refractivity (Wildman–Crippen MR) is 85.0 cm³/mol. The minimum absolute atomic E-state index is 0.0781. The Kier molecular flexibility index (Phi) is 3.51. The van der Waals surface area contributed by atoms with E-state index in [9.17, 15) is 9.90 Å². The van der Waals surface area contributed by atoms with Crippen molar-refractivity contribution in [1.82, 2.24) is 4.98 Å². The summed E-state index contributed by atoms with van der Waals surface area (Å²) in [6.45, 7) is 3.79. The Bertz CT molecular complexity index is 876. The Hall–Kier alpha value is -2.88. The van der Waals surface area contributed by atoms with Crippen molar-refractivity contribution in [1.29, 1.82) is 0 Å². The molecule has 3 rings (SSSR count). The zero-order chi connectivity index (χ0) is 15.7. The summed E-state index contributed by atoms with van der Waals surface area (Å²) < 4.78 is 5.55. The van der Waals surface area contributed by atoms with Crippen LogP contribution in [-0.4, -0.2) is 15.9 Å². The smallest absolute Gasteiger partial charge is 0.189 e. The number of hydrogen-bond donors (Lipinski definition) is 1. The van der Waals surface area contributed by atoms with Gasteiger partial charge in [-0.05, 0) is 49.2 Å². The maximum Gasteiger partial charge on any atom is 0.189 e. The minimum atomic E-state index is -0.255. The molecule has 0 radical (unpaired) electrons. The normalized spacial score (nSPS) is 11.4. The first kappa shape index (κ1) is 14.1. The molecule has 0 saturated carbocycles. The number of benzene rings is 1. The number of fused-ring (bicyclic) bond motifs is 1.